The predicted molar refractivity (Wildman–Crippen MR) is 130 cm³/mol. The first-order valence-corrected chi connectivity index (χ1v) is 11.9. The van der Waals surface area contributed by atoms with Crippen LogP contribution in [0.25, 0.3) is 11.3 Å². The van der Waals surface area contributed by atoms with E-state index in [1.165, 1.54) is 26.4 Å². The van der Waals surface area contributed by atoms with Gasteiger partial charge in [-0.2, -0.15) is 0 Å². The van der Waals surface area contributed by atoms with Crippen LogP contribution in [0.1, 0.15) is 66.0 Å². The summed E-state index contributed by atoms with van der Waals surface area (Å²) >= 11 is 5.83. The fourth-order valence-corrected chi connectivity index (χ4v) is 5.45. The summed E-state index contributed by atoms with van der Waals surface area (Å²) in [6.07, 6.45) is 7.73. The second-order valence-electron chi connectivity index (χ2n) is 8.56. The number of furan rings is 1. The van der Waals surface area contributed by atoms with Crippen molar-refractivity contribution in [1.82, 2.24) is 15.2 Å². The number of thiocarbonyl (C=S) groups is 1. The molecule has 1 aromatic carbocycles. The molecular weight excluding hydrogens is 434 g/mol. The van der Waals surface area contributed by atoms with Crippen LogP contribution in [0, 0.1) is 0 Å². The van der Waals surface area contributed by atoms with Crippen molar-refractivity contribution in [2.45, 2.75) is 50.2 Å². The van der Waals surface area contributed by atoms with Gasteiger partial charge in [-0.1, -0.05) is 43.5 Å². The van der Waals surface area contributed by atoms with Gasteiger partial charge in [0.15, 0.2) is 5.11 Å². The van der Waals surface area contributed by atoms with Crippen LogP contribution in [0.4, 0.5) is 0 Å². The molecule has 33 heavy (non-hydrogen) atoms. The molecule has 6 nitrogen and oxygen atoms in total. The van der Waals surface area contributed by atoms with E-state index in [9.17, 15) is 4.79 Å². The second kappa shape index (κ2) is 9.35. The zero-order chi connectivity index (χ0) is 22.8. The average Bonchev–Trinajstić information content (AvgIpc) is 3.49. The monoisotopic (exact) mass is 461 g/mol. The Labute approximate surface area is 199 Å². The van der Waals surface area contributed by atoms with Crippen molar-refractivity contribution in [1.29, 1.82) is 0 Å². The number of carbonyl (C=O) groups is 1. The third-order valence-corrected chi connectivity index (χ3v) is 6.95. The summed E-state index contributed by atoms with van der Waals surface area (Å²) in [6, 6.07) is 17.3. The van der Waals surface area contributed by atoms with Gasteiger partial charge >= 0.3 is 5.97 Å². The van der Waals surface area contributed by atoms with Crippen molar-refractivity contribution >= 4 is 23.3 Å². The van der Waals surface area contributed by atoms with Crippen LogP contribution >= 0.6 is 12.2 Å². The highest BCUT2D eigenvalue weighted by Crippen LogP contribution is 2.43. The Morgan fingerprint density at radius 2 is 1.88 bits per heavy atom. The molecule has 2 unspecified atom stereocenters. The van der Waals surface area contributed by atoms with Crippen LogP contribution in [0.2, 0.25) is 0 Å². The van der Waals surface area contributed by atoms with Gasteiger partial charge in [0.05, 0.1) is 24.4 Å². The number of pyridine rings is 1. The first kappa shape index (κ1) is 21.6. The Hall–Kier alpha value is -3.19. The van der Waals surface area contributed by atoms with Gasteiger partial charge in [-0.05, 0) is 55.4 Å². The Bertz CT molecular complexity index is 1140. The summed E-state index contributed by atoms with van der Waals surface area (Å²) in [5.74, 6) is 1.05. The van der Waals surface area contributed by atoms with Crippen molar-refractivity contribution in [3.63, 3.8) is 0 Å². The van der Waals surface area contributed by atoms with Gasteiger partial charge in [0.2, 0.25) is 0 Å². The van der Waals surface area contributed by atoms with E-state index in [-0.39, 0.29) is 18.1 Å². The van der Waals surface area contributed by atoms with Gasteiger partial charge in [-0.15, -0.1) is 0 Å². The van der Waals surface area contributed by atoms with Crippen LogP contribution in [0.15, 0.2) is 65.2 Å². The first-order chi connectivity index (χ1) is 16.2. The molecule has 0 bridgehead atoms. The number of benzene rings is 1. The zero-order valence-corrected chi connectivity index (χ0v) is 19.4. The van der Waals surface area contributed by atoms with Crippen molar-refractivity contribution < 1.29 is 13.9 Å². The molecule has 1 aliphatic carbocycles. The summed E-state index contributed by atoms with van der Waals surface area (Å²) in [4.78, 5) is 19.2. The summed E-state index contributed by atoms with van der Waals surface area (Å²) in [6.45, 7) is 0. The Kier molecular flexibility index (Phi) is 6.13. The fraction of sp³-hybridized carbons (Fsp3) is 0.346. The van der Waals surface area contributed by atoms with Gasteiger partial charge in [0.25, 0.3) is 0 Å². The molecule has 0 spiro atoms. The second-order valence-corrected chi connectivity index (χ2v) is 8.95. The molecule has 1 N–H and O–H groups in total. The van der Waals surface area contributed by atoms with E-state index in [2.05, 4.69) is 15.2 Å². The molecule has 2 atom stereocenters. The largest absolute Gasteiger partial charge is 0.465 e. The number of hydrogen-bond acceptors (Lipinski definition) is 5. The third kappa shape index (κ3) is 4.13. The van der Waals surface area contributed by atoms with E-state index >= 15 is 0 Å². The van der Waals surface area contributed by atoms with Gasteiger partial charge < -0.3 is 19.4 Å². The lowest BCUT2D eigenvalue weighted by atomic mass is 9.92. The molecule has 1 aliphatic heterocycles. The van der Waals surface area contributed by atoms with Crippen molar-refractivity contribution in [2.24, 2.45) is 0 Å². The third-order valence-electron chi connectivity index (χ3n) is 6.62. The fourth-order valence-electron chi connectivity index (χ4n) is 5.07. The molecule has 3 aromatic rings. The molecule has 1 saturated heterocycles. The van der Waals surface area contributed by atoms with Crippen molar-refractivity contribution in [2.75, 3.05) is 7.11 Å². The molecule has 0 amide bonds. The molecule has 2 fully saturated rings. The normalized spacial score (nSPS) is 21.1. The van der Waals surface area contributed by atoms with Crippen molar-refractivity contribution in [3.05, 3.63) is 77.8 Å². The van der Waals surface area contributed by atoms with Crippen LogP contribution in [-0.4, -0.2) is 34.1 Å². The molecule has 5 rings (SSSR count). The smallest absolute Gasteiger partial charge is 0.338 e. The van der Waals surface area contributed by atoms with Gasteiger partial charge in [-0.25, -0.2) is 4.79 Å². The first-order valence-electron chi connectivity index (χ1n) is 11.4. The lowest BCUT2D eigenvalue weighted by Gasteiger charge is -2.36. The highest BCUT2D eigenvalue weighted by molar-refractivity contribution is 7.80. The van der Waals surface area contributed by atoms with Crippen LogP contribution in [0.3, 0.4) is 0 Å². The molecule has 3 heterocycles. The quantitative estimate of drug-likeness (QED) is 0.401. The Balaban J connectivity index is 1.55. The molecule has 0 radical (unpaired) electrons. The van der Waals surface area contributed by atoms with E-state index in [0.717, 1.165) is 29.4 Å². The number of esters is 1. The SMILES string of the molecule is COC(=O)c1ccccc1-c1ccc(C2C(c3ccccn3)NC(=S)N2C2CCCCC2)o1. The number of nitrogens with zero attached hydrogens (tertiary/aromatic N) is 2. The lowest BCUT2D eigenvalue weighted by Crippen LogP contribution is -2.40. The minimum atomic E-state index is -0.387. The molecule has 170 valence electrons. The summed E-state index contributed by atoms with van der Waals surface area (Å²) in [5.41, 5.74) is 2.12. The maximum absolute atomic E-state index is 12.3. The van der Waals surface area contributed by atoms with E-state index in [1.54, 1.807) is 12.3 Å². The number of ether oxygens (including phenoxy) is 1. The van der Waals surface area contributed by atoms with E-state index in [4.69, 9.17) is 21.4 Å². The Morgan fingerprint density at radius 3 is 2.64 bits per heavy atom. The number of nitrogens with one attached hydrogen (secondary N) is 1. The molecule has 2 aromatic heterocycles. The highest BCUT2D eigenvalue weighted by Gasteiger charge is 2.44. The van der Waals surface area contributed by atoms with Crippen LogP contribution in [0.5, 0.6) is 0 Å². The van der Waals surface area contributed by atoms with Crippen molar-refractivity contribution in [3.8, 4) is 11.3 Å². The maximum atomic E-state index is 12.3. The molecule has 7 heteroatoms. The molecule has 1 saturated carbocycles. The minimum absolute atomic E-state index is 0.115. The summed E-state index contributed by atoms with van der Waals surface area (Å²) in [5, 5.41) is 4.26. The van der Waals surface area contributed by atoms with E-state index in [0.29, 0.717) is 22.9 Å². The number of carbonyl (C=O) groups excluding carboxylic acids is 1. The highest BCUT2D eigenvalue weighted by atomic mass is 32.1. The number of rotatable bonds is 5. The topological polar surface area (TPSA) is 67.6 Å². The van der Waals surface area contributed by atoms with Crippen LogP contribution in [-0.2, 0) is 4.74 Å². The molecular formula is C26H27N3O3S. The summed E-state index contributed by atoms with van der Waals surface area (Å²) in [7, 11) is 1.39. The Morgan fingerprint density at radius 1 is 1.09 bits per heavy atom. The maximum Gasteiger partial charge on any atom is 0.338 e. The lowest BCUT2D eigenvalue weighted by molar-refractivity contribution is 0.0601. The van der Waals surface area contributed by atoms with Gasteiger partial charge in [0.1, 0.15) is 17.6 Å². The minimum Gasteiger partial charge on any atom is -0.465 e. The number of aromatic nitrogens is 1. The zero-order valence-electron chi connectivity index (χ0n) is 18.6. The number of hydrogen-bond donors (Lipinski definition) is 1. The van der Waals surface area contributed by atoms with Gasteiger partial charge in [0, 0.05) is 17.8 Å². The van der Waals surface area contributed by atoms with Gasteiger partial charge in [-0.3, -0.25) is 4.98 Å². The summed E-state index contributed by atoms with van der Waals surface area (Å²) < 4.78 is 11.4. The van der Waals surface area contributed by atoms with E-state index < -0.39 is 0 Å². The molecule has 2 aliphatic rings. The van der Waals surface area contributed by atoms with Crippen LogP contribution < -0.4 is 5.32 Å². The predicted octanol–water partition coefficient (Wildman–Crippen LogP) is 5.43. The number of methoxy groups -OCH3 is 1. The van der Waals surface area contributed by atoms with E-state index in [1.807, 2.05) is 48.5 Å². The standard InChI is InChI=1S/C26H27N3O3S/c1-31-25(30)19-12-6-5-11-18(19)21-14-15-22(32-21)24-23(20-13-7-8-16-27-20)28-26(33)29(24)17-9-3-2-4-10-17/h5-8,11-17,23-24H,2-4,9-10H2,1H3,(H,28,33). The average molecular weight is 462 g/mol.